The lowest BCUT2D eigenvalue weighted by molar-refractivity contribution is 0.149. The number of allylic oxidation sites excluding steroid dienone is 5. The van der Waals surface area contributed by atoms with Crippen LogP contribution in [0.15, 0.2) is 34.9 Å². The molecule has 0 radical (unpaired) electrons. The molecule has 0 aromatic carbocycles. The van der Waals surface area contributed by atoms with Gasteiger partial charge in [0.1, 0.15) is 0 Å². The maximum absolute atomic E-state index is 9.80. The van der Waals surface area contributed by atoms with Gasteiger partial charge in [-0.15, -0.1) is 0 Å². The topological polar surface area (TPSA) is 20.2 Å². The molecular weight excluding hydrogens is 256 g/mol. The lowest BCUT2D eigenvalue weighted by Crippen LogP contribution is -2.30. The molecule has 3 rings (SSSR count). The third-order valence-corrected chi connectivity index (χ3v) is 6.16. The first-order chi connectivity index (χ1) is 10.1. The van der Waals surface area contributed by atoms with Gasteiger partial charge in [0, 0.05) is 0 Å². The minimum atomic E-state index is -0.0973. The minimum Gasteiger partial charge on any atom is -0.393 e. The molecule has 1 N–H and O–H groups in total. The highest BCUT2D eigenvalue weighted by atomic mass is 16.3. The Bertz CT molecular complexity index is 482. The van der Waals surface area contributed by atoms with Crippen molar-refractivity contribution in [3.8, 4) is 0 Å². The molecule has 3 aliphatic rings. The van der Waals surface area contributed by atoms with Crippen LogP contribution in [0.2, 0.25) is 0 Å². The van der Waals surface area contributed by atoms with Gasteiger partial charge in [0.25, 0.3) is 0 Å². The van der Waals surface area contributed by atoms with Gasteiger partial charge in [-0.3, -0.25) is 0 Å². The second-order valence-electron chi connectivity index (χ2n) is 7.46. The van der Waals surface area contributed by atoms with Gasteiger partial charge in [-0.2, -0.15) is 0 Å². The van der Waals surface area contributed by atoms with E-state index in [2.05, 4.69) is 32.1 Å². The minimum absolute atomic E-state index is 0.0973. The van der Waals surface area contributed by atoms with Crippen LogP contribution in [-0.2, 0) is 0 Å². The highest BCUT2D eigenvalue weighted by Gasteiger charge is 2.43. The van der Waals surface area contributed by atoms with Crippen LogP contribution in [0.5, 0.6) is 0 Å². The van der Waals surface area contributed by atoms with Crippen LogP contribution in [0.4, 0.5) is 0 Å². The fourth-order valence-corrected chi connectivity index (χ4v) is 4.90. The summed E-state index contributed by atoms with van der Waals surface area (Å²) in [4.78, 5) is 0. The molecular formula is C20H30O. The summed E-state index contributed by atoms with van der Waals surface area (Å²) in [6.45, 7) is 4.80. The predicted octanol–water partition coefficient (Wildman–Crippen LogP) is 5.32. The zero-order chi connectivity index (χ0) is 14.9. The van der Waals surface area contributed by atoms with Gasteiger partial charge >= 0.3 is 0 Å². The van der Waals surface area contributed by atoms with E-state index in [-0.39, 0.29) is 6.10 Å². The molecule has 0 aromatic rings. The van der Waals surface area contributed by atoms with Crippen LogP contribution in [0.3, 0.4) is 0 Å². The highest BCUT2D eigenvalue weighted by molar-refractivity contribution is 5.33. The van der Waals surface area contributed by atoms with Crippen molar-refractivity contribution in [3.63, 3.8) is 0 Å². The van der Waals surface area contributed by atoms with Gasteiger partial charge in [-0.05, 0) is 69.1 Å². The maximum Gasteiger partial charge on any atom is 0.0577 e. The second kappa shape index (κ2) is 6.12. The number of rotatable bonds is 2. The number of fused-ring (bicyclic) bond motifs is 1. The molecule has 1 nitrogen and oxygen atoms in total. The Hall–Kier alpha value is -0.820. The lowest BCUT2D eigenvalue weighted by Gasteiger charge is -2.41. The van der Waals surface area contributed by atoms with Crippen molar-refractivity contribution in [1.29, 1.82) is 0 Å². The van der Waals surface area contributed by atoms with Gasteiger partial charge in [-0.25, -0.2) is 0 Å². The molecule has 0 saturated heterocycles. The van der Waals surface area contributed by atoms with Gasteiger partial charge in [0.05, 0.1) is 6.10 Å². The lowest BCUT2D eigenvalue weighted by atomic mass is 9.64. The largest absolute Gasteiger partial charge is 0.393 e. The fraction of sp³-hybridized carbons (Fsp3) is 0.700. The zero-order valence-corrected chi connectivity index (χ0v) is 13.7. The van der Waals surface area contributed by atoms with Crippen molar-refractivity contribution >= 4 is 0 Å². The summed E-state index contributed by atoms with van der Waals surface area (Å²) in [5, 5.41) is 9.80. The van der Waals surface area contributed by atoms with Crippen LogP contribution in [0, 0.1) is 11.3 Å². The van der Waals surface area contributed by atoms with E-state index in [1.54, 1.807) is 11.1 Å². The van der Waals surface area contributed by atoms with E-state index in [0.717, 1.165) is 25.2 Å². The Labute approximate surface area is 129 Å². The Balaban J connectivity index is 1.77. The molecule has 2 fully saturated rings. The predicted molar refractivity (Wildman–Crippen MR) is 89.1 cm³/mol. The Morgan fingerprint density at radius 1 is 1.29 bits per heavy atom. The van der Waals surface area contributed by atoms with Crippen LogP contribution in [-0.4, -0.2) is 11.2 Å². The number of hydrogen-bond acceptors (Lipinski definition) is 1. The molecule has 1 heteroatoms. The van der Waals surface area contributed by atoms with Crippen LogP contribution < -0.4 is 0 Å². The number of hydrogen-bond donors (Lipinski definition) is 1. The molecule has 0 bridgehead atoms. The van der Waals surface area contributed by atoms with Crippen molar-refractivity contribution < 1.29 is 5.11 Å². The SMILES string of the molecule is CCC1=CCC2/C(=C/C=C3/CCCC(O)C3)CCCC12C. The molecule has 116 valence electrons. The van der Waals surface area contributed by atoms with Gasteiger partial charge in [0.15, 0.2) is 0 Å². The molecule has 0 aliphatic heterocycles. The quantitative estimate of drug-likeness (QED) is 0.681. The van der Waals surface area contributed by atoms with Crippen molar-refractivity contribution in [3.05, 3.63) is 34.9 Å². The maximum atomic E-state index is 9.80. The third-order valence-electron chi connectivity index (χ3n) is 6.16. The first kappa shape index (κ1) is 15.1. The number of aliphatic hydroxyl groups excluding tert-OH is 1. The smallest absolute Gasteiger partial charge is 0.0577 e. The summed E-state index contributed by atoms with van der Waals surface area (Å²) in [6.07, 6.45) is 17.8. The van der Waals surface area contributed by atoms with Gasteiger partial charge in [-0.1, -0.05) is 48.8 Å². The van der Waals surface area contributed by atoms with Gasteiger partial charge < -0.3 is 5.11 Å². The number of aliphatic hydroxyl groups is 1. The molecule has 21 heavy (non-hydrogen) atoms. The molecule has 0 spiro atoms. The molecule has 3 unspecified atom stereocenters. The normalized spacial score (nSPS) is 40.4. The molecule has 3 atom stereocenters. The first-order valence-corrected chi connectivity index (χ1v) is 8.89. The molecule has 3 aliphatic carbocycles. The van der Waals surface area contributed by atoms with E-state index in [0.29, 0.717) is 5.41 Å². The van der Waals surface area contributed by atoms with Crippen LogP contribution in [0.25, 0.3) is 0 Å². The summed E-state index contributed by atoms with van der Waals surface area (Å²) >= 11 is 0. The van der Waals surface area contributed by atoms with Crippen LogP contribution >= 0.6 is 0 Å². The van der Waals surface area contributed by atoms with E-state index in [9.17, 15) is 5.11 Å². The molecule has 0 aromatic heterocycles. The van der Waals surface area contributed by atoms with E-state index >= 15 is 0 Å². The Kier molecular flexibility index (Phi) is 4.40. The highest BCUT2D eigenvalue weighted by Crippen LogP contribution is 2.55. The summed E-state index contributed by atoms with van der Waals surface area (Å²) in [6, 6.07) is 0. The average molecular weight is 286 g/mol. The summed E-state index contributed by atoms with van der Waals surface area (Å²) in [5.74, 6) is 0.742. The van der Waals surface area contributed by atoms with Gasteiger partial charge in [0.2, 0.25) is 0 Å². The van der Waals surface area contributed by atoms with E-state index < -0.39 is 0 Å². The summed E-state index contributed by atoms with van der Waals surface area (Å²) in [5.41, 5.74) is 5.24. The Morgan fingerprint density at radius 2 is 2.14 bits per heavy atom. The van der Waals surface area contributed by atoms with Crippen molar-refractivity contribution in [1.82, 2.24) is 0 Å². The summed E-state index contributed by atoms with van der Waals surface area (Å²) in [7, 11) is 0. The van der Waals surface area contributed by atoms with Crippen molar-refractivity contribution in [2.75, 3.05) is 0 Å². The zero-order valence-electron chi connectivity index (χ0n) is 13.7. The summed E-state index contributed by atoms with van der Waals surface area (Å²) < 4.78 is 0. The third kappa shape index (κ3) is 2.90. The van der Waals surface area contributed by atoms with E-state index in [1.165, 1.54) is 44.1 Å². The second-order valence-corrected chi connectivity index (χ2v) is 7.46. The van der Waals surface area contributed by atoms with E-state index in [4.69, 9.17) is 0 Å². The van der Waals surface area contributed by atoms with Crippen molar-refractivity contribution in [2.45, 2.75) is 77.7 Å². The molecule has 0 amide bonds. The van der Waals surface area contributed by atoms with Crippen molar-refractivity contribution in [2.24, 2.45) is 11.3 Å². The monoisotopic (exact) mass is 286 g/mol. The molecule has 2 saturated carbocycles. The molecule has 0 heterocycles. The Morgan fingerprint density at radius 3 is 2.90 bits per heavy atom. The van der Waals surface area contributed by atoms with E-state index in [1.807, 2.05) is 0 Å². The fourth-order valence-electron chi connectivity index (χ4n) is 4.90. The standard InChI is InChI=1S/C20H30O/c1-3-17-11-12-19-16(7-5-13-20(17,19)2)10-9-15-6-4-8-18(21)14-15/h9-11,18-19,21H,3-8,12-14H2,1-2H3/b15-9-,16-10+. The first-order valence-electron chi connectivity index (χ1n) is 8.89. The van der Waals surface area contributed by atoms with Crippen LogP contribution in [0.1, 0.15) is 71.6 Å². The average Bonchev–Trinajstić information content (AvgIpc) is 2.82.